The Labute approximate surface area is 148 Å². The van der Waals surface area contributed by atoms with Crippen molar-refractivity contribution in [2.75, 3.05) is 20.3 Å². The normalized spacial score (nSPS) is 15.5. The number of hydrogen-bond acceptors (Lipinski definition) is 3. The zero-order valence-electron chi connectivity index (χ0n) is 14.4. The number of ether oxygens (including phenoxy) is 1. The Morgan fingerprint density at radius 3 is 2.76 bits per heavy atom. The Hall–Kier alpha value is -2.53. The van der Waals surface area contributed by atoms with Crippen LogP contribution in [0.25, 0.3) is 0 Å². The van der Waals surface area contributed by atoms with Crippen LogP contribution in [0.1, 0.15) is 29.2 Å². The Morgan fingerprint density at radius 2 is 2.04 bits per heavy atom. The predicted molar refractivity (Wildman–Crippen MR) is 96.5 cm³/mol. The number of carbonyl (C=O) groups excluding carboxylic acids is 1. The predicted octanol–water partition coefficient (Wildman–Crippen LogP) is 2.89. The minimum Gasteiger partial charge on any atom is -0.496 e. The first kappa shape index (κ1) is 17.3. The summed E-state index contributed by atoms with van der Waals surface area (Å²) in [6.45, 7) is 0.721. The molecule has 2 aromatic carbocycles. The van der Waals surface area contributed by atoms with Crippen LogP contribution in [-0.4, -0.2) is 36.3 Å². The molecule has 2 N–H and O–H groups in total. The van der Waals surface area contributed by atoms with E-state index in [1.54, 1.807) is 12.0 Å². The monoisotopic (exact) mass is 340 g/mol. The molecule has 25 heavy (non-hydrogen) atoms. The van der Waals surface area contributed by atoms with Gasteiger partial charge in [-0.3, -0.25) is 0 Å². The zero-order chi connectivity index (χ0) is 17.6. The van der Waals surface area contributed by atoms with Crippen molar-refractivity contribution in [3.05, 3.63) is 65.2 Å². The van der Waals surface area contributed by atoms with E-state index in [4.69, 9.17) is 4.74 Å². The van der Waals surface area contributed by atoms with Gasteiger partial charge in [0.1, 0.15) is 5.75 Å². The van der Waals surface area contributed by atoms with Crippen molar-refractivity contribution in [2.24, 2.45) is 0 Å². The minimum absolute atomic E-state index is 0.0189. The number of aliphatic hydroxyl groups is 1. The van der Waals surface area contributed by atoms with E-state index in [2.05, 4.69) is 5.32 Å². The molecular weight excluding hydrogens is 316 g/mol. The lowest BCUT2D eigenvalue weighted by Gasteiger charge is -2.25. The fourth-order valence-corrected chi connectivity index (χ4v) is 3.38. The van der Waals surface area contributed by atoms with E-state index in [9.17, 15) is 9.90 Å². The summed E-state index contributed by atoms with van der Waals surface area (Å²) in [5.74, 6) is 0.880. The van der Waals surface area contributed by atoms with Crippen molar-refractivity contribution >= 4 is 6.03 Å². The minimum atomic E-state index is -0.154. The third-order valence-electron chi connectivity index (χ3n) is 4.62. The highest BCUT2D eigenvalue weighted by atomic mass is 16.5. The molecule has 5 heteroatoms. The molecule has 0 unspecified atom stereocenters. The van der Waals surface area contributed by atoms with Gasteiger partial charge in [0.15, 0.2) is 0 Å². The summed E-state index contributed by atoms with van der Waals surface area (Å²) in [4.78, 5) is 14.4. The van der Waals surface area contributed by atoms with Gasteiger partial charge >= 0.3 is 6.03 Å². The van der Waals surface area contributed by atoms with E-state index in [0.717, 1.165) is 29.7 Å². The summed E-state index contributed by atoms with van der Waals surface area (Å²) >= 11 is 0. The molecule has 2 amide bonds. The standard InChI is InChI=1S/C20H24N2O3/c1-25-19-9-5-8-16-17(19)10-11-18(16)21-20(24)22(12-13-23)14-15-6-3-2-4-7-15/h2-9,18,23H,10-14H2,1H3,(H,21,24)/t18-/m1/s1. The average molecular weight is 340 g/mol. The van der Waals surface area contributed by atoms with Gasteiger partial charge in [0.25, 0.3) is 0 Å². The second-order valence-corrected chi connectivity index (χ2v) is 6.20. The van der Waals surface area contributed by atoms with Gasteiger partial charge in [-0.25, -0.2) is 4.79 Å². The van der Waals surface area contributed by atoms with Crippen molar-refractivity contribution in [2.45, 2.75) is 25.4 Å². The van der Waals surface area contributed by atoms with E-state index >= 15 is 0 Å². The number of nitrogens with one attached hydrogen (secondary N) is 1. The molecular formula is C20H24N2O3. The lowest BCUT2D eigenvalue weighted by molar-refractivity contribution is 0.171. The topological polar surface area (TPSA) is 61.8 Å². The Kier molecular flexibility index (Phi) is 5.56. The number of nitrogens with zero attached hydrogens (tertiary/aromatic N) is 1. The summed E-state index contributed by atoms with van der Waals surface area (Å²) in [6, 6.07) is 15.6. The van der Waals surface area contributed by atoms with Crippen molar-refractivity contribution in [3.8, 4) is 5.75 Å². The highest BCUT2D eigenvalue weighted by molar-refractivity contribution is 5.75. The fraction of sp³-hybridized carbons (Fsp3) is 0.350. The van der Waals surface area contributed by atoms with Gasteiger partial charge in [-0.1, -0.05) is 42.5 Å². The Bertz CT molecular complexity index is 718. The van der Waals surface area contributed by atoms with Crippen LogP contribution < -0.4 is 10.1 Å². The summed E-state index contributed by atoms with van der Waals surface area (Å²) in [5, 5.41) is 12.4. The van der Waals surface area contributed by atoms with Crippen LogP contribution in [0, 0.1) is 0 Å². The van der Waals surface area contributed by atoms with Crippen molar-refractivity contribution in [3.63, 3.8) is 0 Å². The third-order valence-corrected chi connectivity index (χ3v) is 4.62. The van der Waals surface area contributed by atoms with Crippen LogP contribution in [0.3, 0.4) is 0 Å². The maximum absolute atomic E-state index is 12.7. The molecule has 1 aliphatic rings. The maximum atomic E-state index is 12.7. The number of hydrogen-bond donors (Lipinski definition) is 2. The van der Waals surface area contributed by atoms with E-state index in [1.165, 1.54) is 5.56 Å². The van der Waals surface area contributed by atoms with E-state index < -0.39 is 0 Å². The van der Waals surface area contributed by atoms with Crippen LogP contribution in [0.5, 0.6) is 5.75 Å². The van der Waals surface area contributed by atoms with Crippen molar-refractivity contribution in [1.82, 2.24) is 10.2 Å². The lowest BCUT2D eigenvalue weighted by atomic mass is 10.1. The first-order valence-electron chi connectivity index (χ1n) is 8.59. The summed E-state index contributed by atoms with van der Waals surface area (Å²) < 4.78 is 5.42. The van der Waals surface area contributed by atoms with Gasteiger partial charge in [-0.2, -0.15) is 0 Å². The zero-order valence-corrected chi connectivity index (χ0v) is 14.4. The van der Waals surface area contributed by atoms with Gasteiger partial charge in [-0.05, 0) is 35.6 Å². The molecule has 3 rings (SSSR count). The number of rotatable bonds is 6. The molecule has 132 valence electrons. The molecule has 2 aromatic rings. The van der Waals surface area contributed by atoms with E-state index in [1.807, 2.05) is 48.5 Å². The lowest BCUT2D eigenvalue weighted by Crippen LogP contribution is -2.42. The first-order chi connectivity index (χ1) is 12.2. The van der Waals surface area contributed by atoms with Gasteiger partial charge in [0.05, 0.1) is 19.8 Å². The number of amides is 2. The van der Waals surface area contributed by atoms with E-state index in [-0.39, 0.29) is 18.7 Å². The van der Waals surface area contributed by atoms with Crippen molar-refractivity contribution < 1.29 is 14.6 Å². The highest BCUT2D eigenvalue weighted by Crippen LogP contribution is 2.36. The molecule has 0 radical (unpaired) electrons. The maximum Gasteiger partial charge on any atom is 0.318 e. The van der Waals surface area contributed by atoms with Gasteiger partial charge < -0.3 is 20.1 Å². The summed E-state index contributed by atoms with van der Waals surface area (Å²) in [5.41, 5.74) is 3.34. The van der Waals surface area contributed by atoms with Crippen LogP contribution in [0.2, 0.25) is 0 Å². The van der Waals surface area contributed by atoms with Crippen molar-refractivity contribution in [1.29, 1.82) is 0 Å². The number of urea groups is 1. The molecule has 0 spiro atoms. The summed E-state index contributed by atoms with van der Waals surface area (Å²) in [7, 11) is 1.67. The third kappa shape index (κ3) is 3.94. The van der Waals surface area contributed by atoms with Crippen LogP contribution in [-0.2, 0) is 13.0 Å². The molecule has 0 saturated carbocycles. The van der Waals surface area contributed by atoms with Crippen LogP contribution >= 0.6 is 0 Å². The van der Waals surface area contributed by atoms with Gasteiger partial charge in [0, 0.05) is 13.1 Å². The highest BCUT2D eigenvalue weighted by Gasteiger charge is 2.27. The Morgan fingerprint density at radius 1 is 1.24 bits per heavy atom. The number of benzene rings is 2. The Balaban J connectivity index is 1.71. The molecule has 0 aliphatic heterocycles. The average Bonchev–Trinajstić information content (AvgIpc) is 3.05. The molecule has 0 aromatic heterocycles. The molecule has 5 nitrogen and oxygen atoms in total. The molecule has 0 fully saturated rings. The quantitative estimate of drug-likeness (QED) is 0.850. The molecule has 0 bridgehead atoms. The number of methoxy groups -OCH3 is 1. The summed E-state index contributed by atoms with van der Waals surface area (Å²) in [6.07, 6.45) is 1.75. The number of carbonyl (C=O) groups is 1. The van der Waals surface area contributed by atoms with Gasteiger partial charge in [0.2, 0.25) is 0 Å². The largest absolute Gasteiger partial charge is 0.496 e. The molecule has 1 aliphatic carbocycles. The molecule has 0 saturated heterocycles. The first-order valence-corrected chi connectivity index (χ1v) is 8.59. The molecule has 0 heterocycles. The second-order valence-electron chi connectivity index (χ2n) is 6.20. The second kappa shape index (κ2) is 8.03. The molecule has 1 atom stereocenters. The van der Waals surface area contributed by atoms with Crippen LogP contribution in [0.15, 0.2) is 48.5 Å². The van der Waals surface area contributed by atoms with Crippen LogP contribution in [0.4, 0.5) is 4.79 Å². The number of fused-ring (bicyclic) bond motifs is 1. The SMILES string of the molecule is COc1cccc2c1CC[C@H]2NC(=O)N(CCO)Cc1ccccc1. The van der Waals surface area contributed by atoms with E-state index in [0.29, 0.717) is 13.1 Å². The number of aliphatic hydroxyl groups excluding tert-OH is 1. The smallest absolute Gasteiger partial charge is 0.318 e. The fourth-order valence-electron chi connectivity index (χ4n) is 3.38. The van der Waals surface area contributed by atoms with Gasteiger partial charge in [-0.15, -0.1) is 0 Å².